The number of halogens is 1. The zero-order valence-corrected chi connectivity index (χ0v) is 20.2. The average Bonchev–Trinajstić information content (AvgIpc) is 3.52. The van der Waals surface area contributed by atoms with Gasteiger partial charge in [-0.05, 0) is 42.8 Å². The lowest BCUT2D eigenvalue weighted by molar-refractivity contribution is 0.628. The monoisotopic (exact) mass is 489 g/mol. The van der Waals surface area contributed by atoms with Crippen LogP contribution in [0.5, 0.6) is 0 Å². The molecule has 1 aromatic carbocycles. The summed E-state index contributed by atoms with van der Waals surface area (Å²) in [6.45, 7) is 6.20. The van der Waals surface area contributed by atoms with Gasteiger partial charge in [-0.3, -0.25) is 20.1 Å². The molecule has 37 heavy (non-hydrogen) atoms. The molecule has 0 bridgehead atoms. The van der Waals surface area contributed by atoms with Crippen molar-refractivity contribution in [1.82, 2.24) is 30.1 Å². The Balaban J connectivity index is 1.40. The van der Waals surface area contributed by atoms with Crippen LogP contribution >= 0.6 is 0 Å². The van der Waals surface area contributed by atoms with E-state index in [1.54, 1.807) is 30.9 Å². The molecule has 0 atom stereocenters. The fourth-order valence-corrected chi connectivity index (χ4v) is 4.54. The summed E-state index contributed by atoms with van der Waals surface area (Å²) in [7, 11) is 0. The number of hydrogen-bond donors (Lipinski definition) is 3. The first kappa shape index (κ1) is 22.6. The summed E-state index contributed by atoms with van der Waals surface area (Å²) < 4.78 is 13.9. The molecule has 6 rings (SSSR count). The number of nitrogens with zero attached hydrogens (tertiary/aromatic N) is 4. The van der Waals surface area contributed by atoms with Gasteiger partial charge < -0.3 is 10.3 Å². The summed E-state index contributed by atoms with van der Waals surface area (Å²) in [5.41, 5.74) is 8.23. The highest BCUT2D eigenvalue weighted by Gasteiger charge is 2.16. The second kappa shape index (κ2) is 9.31. The summed E-state index contributed by atoms with van der Waals surface area (Å²) in [6.07, 6.45) is 8.99. The Morgan fingerprint density at radius 2 is 1.84 bits per heavy atom. The van der Waals surface area contributed by atoms with Gasteiger partial charge >= 0.3 is 0 Å². The van der Waals surface area contributed by atoms with E-state index in [4.69, 9.17) is 0 Å². The fourth-order valence-electron chi connectivity index (χ4n) is 4.54. The smallest absolute Gasteiger partial charge is 0.123 e. The maximum Gasteiger partial charge on any atom is 0.123 e. The fraction of sp³-hybridized carbons (Fsp3) is 0.103. The highest BCUT2D eigenvalue weighted by molar-refractivity contribution is 6.00. The highest BCUT2D eigenvalue weighted by atomic mass is 19.1. The molecule has 6 aromatic rings. The van der Waals surface area contributed by atoms with Crippen LogP contribution in [0.15, 0.2) is 85.6 Å². The van der Waals surface area contributed by atoms with Gasteiger partial charge in [0.05, 0.1) is 40.7 Å². The number of anilines is 1. The van der Waals surface area contributed by atoms with Crippen molar-refractivity contribution in [3.05, 3.63) is 91.4 Å². The van der Waals surface area contributed by atoms with Crippen LogP contribution in [0.3, 0.4) is 0 Å². The number of rotatable bonds is 7. The third-order valence-electron chi connectivity index (χ3n) is 6.26. The molecule has 3 N–H and O–H groups in total. The molecule has 0 fully saturated rings. The molecule has 0 aliphatic rings. The second-order valence-corrected chi connectivity index (χ2v) is 8.94. The molecular formula is C29H24FN7. The van der Waals surface area contributed by atoms with E-state index in [2.05, 4.69) is 49.0 Å². The van der Waals surface area contributed by atoms with Gasteiger partial charge in [0, 0.05) is 45.5 Å². The van der Waals surface area contributed by atoms with Crippen LogP contribution in [-0.4, -0.2) is 30.1 Å². The van der Waals surface area contributed by atoms with Crippen LogP contribution in [0.2, 0.25) is 0 Å². The lowest BCUT2D eigenvalue weighted by Crippen LogP contribution is -1.98. The first-order valence-corrected chi connectivity index (χ1v) is 12.1. The Bertz CT molecular complexity index is 1770. The van der Waals surface area contributed by atoms with Crippen molar-refractivity contribution < 1.29 is 4.39 Å². The van der Waals surface area contributed by atoms with Gasteiger partial charge in [0.1, 0.15) is 11.5 Å². The number of benzene rings is 1. The van der Waals surface area contributed by atoms with Gasteiger partial charge in [-0.1, -0.05) is 32.1 Å². The van der Waals surface area contributed by atoms with Crippen LogP contribution in [0, 0.1) is 5.82 Å². The Kier molecular flexibility index (Phi) is 5.69. The van der Waals surface area contributed by atoms with Gasteiger partial charge in [-0.15, -0.1) is 0 Å². The molecule has 5 heterocycles. The molecule has 8 heteroatoms. The average molecular weight is 490 g/mol. The van der Waals surface area contributed by atoms with Crippen LogP contribution in [-0.2, 0) is 0 Å². The van der Waals surface area contributed by atoms with Gasteiger partial charge in [0.15, 0.2) is 0 Å². The molecular weight excluding hydrogens is 465 g/mol. The SMILES string of the molecule is C=C(CCC)Nc1cncc(-c2cc3c(-c4cc5c(-c6cccc(F)c6)nccc5[nH]4)n[nH]c3cn2)c1. The van der Waals surface area contributed by atoms with Crippen molar-refractivity contribution in [2.24, 2.45) is 0 Å². The van der Waals surface area contributed by atoms with Crippen molar-refractivity contribution >= 4 is 27.5 Å². The van der Waals surface area contributed by atoms with E-state index >= 15 is 0 Å². The molecule has 0 aliphatic carbocycles. The highest BCUT2D eigenvalue weighted by Crippen LogP contribution is 2.34. The molecule has 0 saturated carbocycles. The van der Waals surface area contributed by atoms with E-state index in [1.165, 1.54) is 12.1 Å². The van der Waals surface area contributed by atoms with Crippen LogP contribution in [0.25, 0.3) is 55.7 Å². The standard InChI is InChI=1S/C29H24FN7/c1-3-5-17(2)34-21-11-19(14-31-15-21)25-12-23-27(16-33-25)36-37-29(23)26-13-22-24(35-26)8-9-32-28(22)18-6-4-7-20(30)10-18/h4,6-16,34-35H,2-3,5H2,1H3,(H,36,37). The Hall–Kier alpha value is -4.85. The number of nitrogens with one attached hydrogen (secondary N) is 3. The molecule has 5 aromatic heterocycles. The summed E-state index contributed by atoms with van der Waals surface area (Å²) in [4.78, 5) is 17.0. The van der Waals surface area contributed by atoms with Gasteiger partial charge in [-0.25, -0.2) is 4.39 Å². The zero-order chi connectivity index (χ0) is 25.4. The molecule has 7 nitrogen and oxygen atoms in total. The zero-order valence-electron chi connectivity index (χ0n) is 20.2. The molecule has 0 unspecified atom stereocenters. The predicted molar refractivity (Wildman–Crippen MR) is 145 cm³/mol. The first-order valence-electron chi connectivity index (χ1n) is 12.1. The van der Waals surface area contributed by atoms with Crippen LogP contribution < -0.4 is 5.32 Å². The van der Waals surface area contributed by atoms with Crippen molar-refractivity contribution in [3.63, 3.8) is 0 Å². The van der Waals surface area contributed by atoms with Gasteiger partial charge in [-0.2, -0.15) is 5.10 Å². The van der Waals surface area contributed by atoms with E-state index in [0.717, 1.165) is 74.2 Å². The molecule has 182 valence electrons. The first-order chi connectivity index (χ1) is 18.1. The number of aromatic nitrogens is 6. The summed E-state index contributed by atoms with van der Waals surface area (Å²) in [5, 5.41) is 12.8. The number of pyridine rings is 3. The summed E-state index contributed by atoms with van der Waals surface area (Å²) in [6, 6.07) is 14.4. The molecule has 0 amide bonds. The largest absolute Gasteiger partial charge is 0.358 e. The molecule has 0 radical (unpaired) electrons. The third-order valence-corrected chi connectivity index (χ3v) is 6.26. The topological polar surface area (TPSA) is 95.2 Å². The van der Waals surface area contributed by atoms with E-state index in [-0.39, 0.29) is 5.82 Å². The van der Waals surface area contributed by atoms with Crippen molar-refractivity contribution in [3.8, 4) is 33.9 Å². The molecule has 0 saturated heterocycles. The van der Waals surface area contributed by atoms with Crippen molar-refractivity contribution in [2.45, 2.75) is 19.8 Å². The van der Waals surface area contributed by atoms with E-state index < -0.39 is 0 Å². The predicted octanol–water partition coefficient (Wildman–Crippen LogP) is 7.10. The van der Waals surface area contributed by atoms with Crippen molar-refractivity contribution in [2.75, 3.05) is 5.32 Å². The maximum atomic E-state index is 13.9. The summed E-state index contributed by atoms with van der Waals surface area (Å²) >= 11 is 0. The number of allylic oxidation sites excluding steroid dienone is 1. The third kappa shape index (κ3) is 4.33. The molecule has 0 spiro atoms. The van der Waals surface area contributed by atoms with E-state index in [9.17, 15) is 4.39 Å². The number of hydrogen-bond acceptors (Lipinski definition) is 5. The quantitative estimate of drug-likeness (QED) is 0.222. The van der Waals surface area contributed by atoms with E-state index in [0.29, 0.717) is 5.69 Å². The number of fused-ring (bicyclic) bond motifs is 2. The van der Waals surface area contributed by atoms with Crippen molar-refractivity contribution in [1.29, 1.82) is 0 Å². The lowest BCUT2D eigenvalue weighted by Gasteiger charge is -2.09. The van der Waals surface area contributed by atoms with Crippen LogP contribution in [0.4, 0.5) is 10.1 Å². The van der Waals surface area contributed by atoms with Gasteiger partial charge in [0.25, 0.3) is 0 Å². The normalized spacial score (nSPS) is 11.3. The number of aromatic amines is 2. The van der Waals surface area contributed by atoms with Gasteiger partial charge in [0.2, 0.25) is 0 Å². The maximum absolute atomic E-state index is 13.9. The molecule has 0 aliphatic heterocycles. The second-order valence-electron chi connectivity index (χ2n) is 8.94. The Labute approximate surface area is 212 Å². The minimum atomic E-state index is -0.297. The number of H-pyrrole nitrogens is 2. The minimum absolute atomic E-state index is 0.297. The minimum Gasteiger partial charge on any atom is -0.358 e. The Morgan fingerprint density at radius 3 is 2.70 bits per heavy atom. The van der Waals surface area contributed by atoms with E-state index in [1.807, 2.05) is 30.3 Å². The Morgan fingerprint density at radius 1 is 0.946 bits per heavy atom. The lowest BCUT2D eigenvalue weighted by atomic mass is 10.1. The summed E-state index contributed by atoms with van der Waals surface area (Å²) in [5.74, 6) is -0.297. The van der Waals surface area contributed by atoms with Crippen LogP contribution in [0.1, 0.15) is 19.8 Å².